The Balaban J connectivity index is 2.01. The van der Waals surface area contributed by atoms with Crippen LogP contribution < -0.4 is 0 Å². The van der Waals surface area contributed by atoms with Gasteiger partial charge in [-0.1, -0.05) is 30.3 Å². The van der Waals surface area contributed by atoms with Crippen LogP contribution >= 0.6 is 0 Å². The highest BCUT2D eigenvalue weighted by atomic mass is 16.5. The molecule has 1 heterocycles. The van der Waals surface area contributed by atoms with E-state index in [-0.39, 0.29) is 13.2 Å². The second kappa shape index (κ2) is 6.84. The first-order chi connectivity index (χ1) is 10.5. The SMILES string of the molecule is CCOC(=O)CN1C(=O)C(=O)N(CCc2ccccc2)C1=O. The molecule has 0 saturated carbocycles. The molecule has 1 aliphatic heterocycles. The van der Waals surface area contributed by atoms with Gasteiger partial charge in [0.05, 0.1) is 6.61 Å². The molecule has 0 bridgehead atoms. The Morgan fingerprint density at radius 1 is 1.05 bits per heavy atom. The average Bonchev–Trinajstić information content (AvgIpc) is 2.71. The van der Waals surface area contributed by atoms with Gasteiger partial charge in [0, 0.05) is 6.54 Å². The van der Waals surface area contributed by atoms with Crippen LogP contribution in [0.25, 0.3) is 0 Å². The second-order valence-electron chi connectivity index (χ2n) is 4.67. The summed E-state index contributed by atoms with van der Waals surface area (Å²) in [4.78, 5) is 48.6. The average molecular weight is 304 g/mol. The maximum absolute atomic E-state index is 12.1. The van der Waals surface area contributed by atoms with Crippen molar-refractivity contribution >= 4 is 23.8 Å². The number of hydrogen-bond donors (Lipinski definition) is 0. The van der Waals surface area contributed by atoms with E-state index in [0.717, 1.165) is 10.5 Å². The summed E-state index contributed by atoms with van der Waals surface area (Å²) in [5, 5.41) is 0. The number of hydrogen-bond acceptors (Lipinski definition) is 5. The van der Waals surface area contributed by atoms with E-state index >= 15 is 0 Å². The van der Waals surface area contributed by atoms with Gasteiger partial charge < -0.3 is 4.74 Å². The van der Waals surface area contributed by atoms with Crippen molar-refractivity contribution in [1.82, 2.24) is 9.80 Å². The van der Waals surface area contributed by atoms with Crippen LogP contribution in [0.4, 0.5) is 4.79 Å². The molecule has 0 aliphatic carbocycles. The maximum atomic E-state index is 12.1. The molecule has 7 nitrogen and oxygen atoms in total. The van der Waals surface area contributed by atoms with Gasteiger partial charge in [-0.15, -0.1) is 0 Å². The van der Waals surface area contributed by atoms with Gasteiger partial charge >= 0.3 is 23.8 Å². The van der Waals surface area contributed by atoms with Gasteiger partial charge in [-0.05, 0) is 18.9 Å². The van der Waals surface area contributed by atoms with Gasteiger partial charge in [0.25, 0.3) is 0 Å². The fraction of sp³-hybridized carbons (Fsp3) is 0.333. The molecule has 0 atom stereocenters. The smallest absolute Gasteiger partial charge is 0.334 e. The highest BCUT2D eigenvalue weighted by molar-refractivity contribution is 6.44. The third-order valence-corrected chi connectivity index (χ3v) is 3.19. The lowest BCUT2D eigenvalue weighted by Gasteiger charge is -2.14. The summed E-state index contributed by atoms with van der Waals surface area (Å²) in [6.45, 7) is 1.30. The van der Waals surface area contributed by atoms with E-state index in [0.29, 0.717) is 11.3 Å². The van der Waals surface area contributed by atoms with Crippen molar-refractivity contribution in [3.63, 3.8) is 0 Å². The van der Waals surface area contributed by atoms with Gasteiger partial charge in [0.2, 0.25) is 0 Å². The standard InChI is InChI=1S/C15H16N2O5/c1-2-22-12(18)10-17-14(20)13(19)16(15(17)21)9-8-11-6-4-3-5-7-11/h3-7H,2,8-10H2,1H3. The Hall–Kier alpha value is -2.70. The zero-order chi connectivity index (χ0) is 16.1. The van der Waals surface area contributed by atoms with Crippen molar-refractivity contribution in [2.75, 3.05) is 19.7 Å². The highest BCUT2D eigenvalue weighted by Gasteiger charge is 2.45. The molecule has 0 spiro atoms. The number of imide groups is 2. The van der Waals surface area contributed by atoms with Gasteiger partial charge in [0.1, 0.15) is 6.54 Å². The van der Waals surface area contributed by atoms with Crippen LogP contribution in [0, 0.1) is 0 Å². The number of nitrogens with zero attached hydrogens (tertiary/aromatic N) is 2. The molecule has 0 unspecified atom stereocenters. The molecule has 1 aliphatic rings. The van der Waals surface area contributed by atoms with Crippen LogP contribution in [0.2, 0.25) is 0 Å². The van der Waals surface area contributed by atoms with Crippen LogP contribution in [0.3, 0.4) is 0 Å². The number of carbonyl (C=O) groups is 4. The predicted molar refractivity (Wildman–Crippen MR) is 75.6 cm³/mol. The Morgan fingerprint density at radius 2 is 1.68 bits per heavy atom. The lowest BCUT2D eigenvalue weighted by molar-refractivity contribution is -0.148. The lowest BCUT2D eigenvalue weighted by Crippen LogP contribution is -2.38. The summed E-state index contributed by atoms with van der Waals surface area (Å²) < 4.78 is 4.69. The minimum atomic E-state index is -0.994. The molecule has 22 heavy (non-hydrogen) atoms. The second-order valence-corrected chi connectivity index (χ2v) is 4.67. The van der Waals surface area contributed by atoms with E-state index in [2.05, 4.69) is 4.74 Å². The van der Waals surface area contributed by atoms with Crippen molar-refractivity contribution in [2.24, 2.45) is 0 Å². The van der Waals surface area contributed by atoms with Gasteiger partial charge in [-0.25, -0.2) is 9.69 Å². The first-order valence-corrected chi connectivity index (χ1v) is 6.91. The molecule has 0 radical (unpaired) electrons. The predicted octanol–water partition coefficient (Wildman–Crippen LogP) is 0.583. The number of carbonyl (C=O) groups excluding carboxylic acids is 4. The monoisotopic (exact) mass is 304 g/mol. The number of amides is 4. The molecule has 1 saturated heterocycles. The van der Waals surface area contributed by atoms with Gasteiger partial charge in [-0.2, -0.15) is 0 Å². The topological polar surface area (TPSA) is 84.0 Å². The summed E-state index contributed by atoms with van der Waals surface area (Å²) in [6.07, 6.45) is 0.443. The molecule has 4 amide bonds. The fourth-order valence-corrected chi connectivity index (χ4v) is 2.11. The number of ether oxygens (including phenoxy) is 1. The Kier molecular flexibility index (Phi) is 4.88. The first-order valence-electron chi connectivity index (χ1n) is 6.91. The molecule has 1 aromatic carbocycles. The lowest BCUT2D eigenvalue weighted by atomic mass is 10.1. The molecule has 1 fully saturated rings. The summed E-state index contributed by atoms with van der Waals surface area (Å²) in [7, 11) is 0. The largest absolute Gasteiger partial charge is 0.465 e. The molecule has 0 N–H and O–H groups in total. The molecule has 7 heteroatoms. The first kappa shape index (κ1) is 15.7. The highest BCUT2D eigenvalue weighted by Crippen LogP contribution is 2.13. The zero-order valence-corrected chi connectivity index (χ0v) is 12.2. The van der Waals surface area contributed by atoms with E-state index in [1.807, 2.05) is 30.3 Å². The molecular formula is C15H16N2O5. The van der Waals surface area contributed by atoms with Crippen LogP contribution in [0.1, 0.15) is 12.5 Å². The summed E-state index contributed by atoms with van der Waals surface area (Å²) >= 11 is 0. The molecule has 0 aromatic heterocycles. The van der Waals surface area contributed by atoms with E-state index in [9.17, 15) is 19.2 Å². The fourth-order valence-electron chi connectivity index (χ4n) is 2.11. The third kappa shape index (κ3) is 3.30. The van der Waals surface area contributed by atoms with Gasteiger partial charge in [0.15, 0.2) is 0 Å². The summed E-state index contributed by atoms with van der Waals surface area (Å²) in [5.41, 5.74) is 0.944. The summed E-state index contributed by atoms with van der Waals surface area (Å²) in [6, 6.07) is 8.51. The van der Waals surface area contributed by atoms with Crippen LogP contribution in [-0.4, -0.2) is 53.3 Å². The van der Waals surface area contributed by atoms with Crippen molar-refractivity contribution in [3.05, 3.63) is 35.9 Å². The van der Waals surface area contributed by atoms with Crippen molar-refractivity contribution in [1.29, 1.82) is 0 Å². The Bertz CT molecular complexity index is 599. The Morgan fingerprint density at radius 3 is 2.32 bits per heavy atom. The van der Waals surface area contributed by atoms with E-state index in [1.165, 1.54) is 0 Å². The maximum Gasteiger partial charge on any atom is 0.334 e. The molecule has 2 rings (SSSR count). The molecular weight excluding hydrogens is 288 g/mol. The van der Waals surface area contributed by atoms with Crippen LogP contribution in [-0.2, 0) is 25.5 Å². The van der Waals surface area contributed by atoms with E-state index in [4.69, 9.17) is 0 Å². The van der Waals surface area contributed by atoms with Crippen molar-refractivity contribution < 1.29 is 23.9 Å². The van der Waals surface area contributed by atoms with Crippen molar-refractivity contribution in [3.8, 4) is 0 Å². The van der Waals surface area contributed by atoms with Crippen molar-refractivity contribution in [2.45, 2.75) is 13.3 Å². The van der Waals surface area contributed by atoms with E-state index in [1.54, 1.807) is 6.92 Å². The van der Waals surface area contributed by atoms with Crippen LogP contribution in [0.5, 0.6) is 0 Å². The zero-order valence-electron chi connectivity index (χ0n) is 12.2. The van der Waals surface area contributed by atoms with E-state index < -0.39 is 30.4 Å². The van der Waals surface area contributed by atoms with Gasteiger partial charge in [-0.3, -0.25) is 19.3 Å². The summed E-state index contributed by atoms with van der Waals surface area (Å²) in [5.74, 6) is -2.63. The quantitative estimate of drug-likeness (QED) is 0.436. The molecule has 116 valence electrons. The minimum Gasteiger partial charge on any atom is -0.465 e. The third-order valence-electron chi connectivity index (χ3n) is 3.19. The number of benzene rings is 1. The number of urea groups is 1. The molecule has 1 aromatic rings. The minimum absolute atomic E-state index is 0.0900. The number of rotatable bonds is 6. The number of esters is 1. The Labute approximate surface area is 127 Å². The normalized spacial score (nSPS) is 14.7. The van der Waals surface area contributed by atoms with Crippen LogP contribution in [0.15, 0.2) is 30.3 Å².